The lowest BCUT2D eigenvalue weighted by molar-refractivity contribution is -0.105. The Kier molecular flexibility index (Phi) is 5.10. The highest BCUT2D eigenvalue weighted by Crippen LogP contribution is 2.42. The van der Waals surface area contributed by atoms with E-state index in [-0.39, 0.29) is 23.2 Å². The average molecular weight is 390 g/mol. The first-order chi connectivity index (χ1) is 14.1. The number of aromatic hydroxyl groups is 3. The maximum Gasteiger partial charge on any atom is 0.211 e. The maximum atomic E-state index is 11.1. The summed E-state index contributed by atoms with van der Waals surface area (Å²) in [5.74, 6) is -0.416. The van der Waals surface area contributed by atoms with Crippen LogP contribution in [-0.4, -0.2) is 33.2 Å². The Morgan fingerprint density at radius 2 is 1.72 bits per heavy atom. The van der Waals surface area contributed by atoms with Gasteiger partial charge >= 0.3 is 0 Å². The van der Waals surface area contributed by atoms with Crippen LogP contribution >= 0.6 is 0 Å². The first kappa shape index (κ1) is 18.8. The van der Waals surface area contributed by atoms with E-state index in [1.54, 1.807) is 18.2 Å². The topological polar surface area (TPSA) is 93.0 Å². The Labute approximate surface area is 168 Å². The Hall–Kier alpha value is -3.51. The van der Waals surface area contributed by atoms with Gasteiger partial charge in [0, 0.05) is 25.6 Å². The molecule has 3 aromatic rings. The van der Waals surface area contributed by atoms with Crippen LogP contribution in [0.3, 0.4) is 0 Å². The van der Waals surface area contributed by atoms with E-state index in [1.807, 2.05) is 24.3 Å². The predicted octanol–water partition coefficient (Wildman–Crippen LogP) is 3.52. The van der Waals surface area contributed by atoms with Crippen LogP contribution in [-0.2, 0) is 17.9 Å². The van der Waals surface area contributed by atoms with Crippen LogP contribution in [0.1, 0.15) is 28.2 Å². The molecule has 0 radical (unpaired) electrons. The summed E-state index contributed by atoms with van der Waals surface area (Å²) in [5.41, 5.74) is 4.23. The zero-order chi connectivity index (χ0) is 20.4. The molecular weight excluding hydrogens is 368 g/mol. The lowest BCUT2D eigenvalue weighted by Gasteiger charge is -2.36. The van der Waals surface area contributed by atoms with Crippen molar-refractivity contribution in [1.82, 2.24) is 4.90 Å². The quantitative estimate of drug-likeness (QED) is 0.395. The molecule has 4 N–H and O–H groups in total. The summed E-state index contributed by atoms with van der Waals surface area (Å²) in [6, 6.07) is 18.3. The van der Waals surface area contributed by atoms with Crippen LogP contribution < -0.4 is 5.32 Å². The monoisotopic (exact) mass is 390 g/mol. The SMILES string of the molecule is O=CNc1c(O)ccc2c1CN(Cc1ccccc1)CC2c1ccc(O)c(O)c1. The first-order valence-electron chi connectivity index (χ1n) is 9.40. The van der Waals surface area contributed by atoms with Crippen molar-refractivity contribution in [2.75, 3.05) is 11.9 Å². The molecule has 3 aromatic carbocycles. The number of nitrogens with one attached hydrogen (secondary N) is 1. The largest absolute Gasteiger partial charge is 0.506 e. The molecule has 0 bridgehead atoms. The van der Waals surface area contributed by atoms with Gasteiger partial charge in [-0.3, -0.25) is 9.69 Å². The van der Waals surface area contributed by atoms with Crippen LogP contribution in [0.5, 0.6) is 17.2 Å². The molecule has 1 atom stereocenters. The van der Waals surface area contributed by atoms with Crippen molar-refractivity contribution in [3.8, 4) is 17.2 Å². The summed E-state index contributed by atoms with van der Waals surface area (Å²) < 4.78 is 0. The summed E-state index contributed by atoms with van der Waals surface area (Å²) in [4.78, 5) is 13.4. The number of phenolic OH excluding ortho intramolecular Hbond substituents is 3. The van der Waals surface area contributed by atoms with Gasteiger partial charge in [-0.05, 0) is 40.5 Å². The fourth-order valence-electron chi connectivity index (χ4n) is 4.02. The lowest BCUT2D eigenvalue weighted by atomic mass is 9.83. The molecule has 6 nitrogen and oxygen atoms in total. The van der Waals surface area contributed by atoms with E-state index in [0.29, 0.717) is 31.7 Å². The summed E-state index contributed by atoms with van der Waals surface area (Å²) in [6.07, 6.45) is 0.562. The van der Waals surface area contributed by atoms with Gasteiger partial charge in [0.15, 0.2) is 11.5 Å². The zero-order valence-corrected chi connectivity index (χ0v) is 15.7. The Morgan fingerprint density at radius 1 is 0.966 bits per heavy atom. The number of carbonyl (C=O) groups is 1. The van der Waals surface area contributed by atoms with E-state index in [4.69, 9.17) is 0 Å². The molecule has 29 heavy (non-hydrogen) atoms. The number of rotatable bonds is 5. The van der Waals surface area contributed by atoms with Crippen molar-refractivity contribution < 1.29 is 20.1 Å². The highest BCUT2D eigenvalue weighted by atomic mass is 16.3. The molecule has 0 fully saturated rings. The summed E-state index contributed by atoms with van der Waals surface area (Å²) in [6.45, 7) is 1.96. The molecule has 1 unspecified atom stereocenters. The molecule has 0 spiro atoms. The standard InChI is InChI=1S/C23H22N2O4/c26-14-24-23-19-13-25(11-15-4-2-1-3-5-15)12-18(17(19)7-9-21(23)28)16-6-8-20(27)22(29)10-16/h1-10,14,18,27-29H,11-13H2,(H,24,26). The minimum atomic E-state index is -0.172. The second kappa shape index (κ2) is 7.85. The van der Waals surface area contributed by atoms with E-state index in [1.165, 1.54) is 6.07 Å². The first-order valence-corrected chi connectivity index (χ1v) is 9.40. The highest BCUT2D eigenvalue weighted by Gasteiger charge is 2.30. The third kappa shape index (κ3) is 3.75. The number of anilines is 1. The third-order valence-corrected chi connectivity index (χ3v) is 5.38. The average Bonchev–Trinajstić information content (AvgIpc) is 2.72. The van der Waals surface area contributed by atoms with Gasteiger partial charge in [-0.15, -0.1) is 0 Å². The number of benzene rings is 3. The van der Waals surface area contributed by atoms with Crippen molar-refractivity contribution in [3.05, 3.63) is 82.9 Å². The molecule has 1 aliphatic heterocycles. The number of hydrogen-bond acceptors (Lipinski definition) is 5. The van der Waals surface area contributed by atoms with Crippen molar-refractivity contribution in [1.29, 1.82) is 0 Å². The number of nitrogens with zero attached hydrogens (tertiary/aromatic N) is 1. The molecule has 148 valence electrons. The fourth-order valence-corrected chi connectivity index (χ4v) is 4.02. The van der Waals surface area contributed by atoms with Gasteiger partial charge in [0.05, 0.1) is 5.69 Å². The van der Waals surface area contributed by atoms with Crippen molar-refractivity contribution in [2.45, 2.75) is 19.0 Å². The zero-order valence-electron chi connectivity index (χ0n) is 15.7. The van der Waals surface area contributed by atoms with Crippen molar-refractivity contribution in [2.24, 2.45) is 0 Å². The van der Waals surface area contributed by atoms with Gasteiger partial charge in [0.25, 0.3) is 0 Å². The molecule has 1 amide bonds. The molecule has 6 heteroatoms. The highest BCUT2D eigenvalue weighted by molar-refractivity contribution is 5.79. The van der Waals surface area contributed by atoms with E-state index in [9.17, 15) is 20.1 Å². The molecule has 0 saturated carbocycles. The second-order valence-electron chi connectivity index (χ2n) is 7.25. The van der Waals surface area contributed by atoms with Crippen LogP contribution in [0.15, 0.2) is 60.7 Å². The van der Waals surface area contributed by atoms with Crippen molar-refractivity contribution in [3.63, 3.8) is 0 Å². The van der Waals surface area contributed by atoms with Gasteiger partial charge in [-0.25, -0.2) is 0 Å². The van der Waals surface area contributed by atoms with Gasteiger partial charge in [0.2, 0.25) is 6.41 Å². The Morgan fingerprint density at radius 3 is 2.45 bits per heavy atom. The number of fused-ring (bicyclic) bond motifs is 1. The molecule has 1 aliphatic rings. The van der Waals surface area contributed by atoms with Gasteiger partial charge < -0.3 is 20.6 Å². The van der Waals surface area contributed by atoms with Crippen LogP contribution in [0.25, 0.3) is 0 Å². The molecule has 0 aromatic heterocycles. The Balaban J connectivity index is 1.78. The fraction of sp³-hybridized carbons (Fsp3) is 0.174. The summed E-state index contributed by atoms with van der Waals surface area (Å²) >= 11 is 0. The van der Waals surface area contributed by atoms with E-state index < -0.39 is 0 Å². The minimum Gasteiger partial charge on any atom is -0.506 e. The maximum absolute atomic E-state index is 11.1. The van der Waals surface area contributed by atoms with Crippen LogP contribution in [0.2, 0.25) is 0 Å². The molecule has 1 heterocycles. The number of hydrogen-bond donors (Lipinski definition) is 4. The third-order valence-electron chi connectivity index (χ3n) is 5.38. The Bertz CT molecular complexity index is 1040. The van der Waals surface area contributed by atoms with E-state index >= 15 is 0 Å². The van der Waals surface area contributed by atoms with Gasteiger partial charge in [0.1, 0.15) is 5.75 Å². The molecular formula is C23H22N2O4. The van der Waals surface area contributed by atoms with E-state index in [2.05, 4.69) is 22.3 Å². The van der Waals surface area contributed by atoms with Gasteiger partial charge in [-0.2, -0.15) is 0 Å². The lowest BCUT2D eigenvalue weighted by Crippen LogP contribution is -2.34. The van der Waals surface area contributed by atoms with Crippen LogP contribution in [0, 0.1) is 0 Å². The minimum absolute atomic E-state index is 0.0183. The smallest absolute Gasteiger partial charge is 0.211 e. The van der Waals surface area contributed by atoms with Crippen molar-refractivity contribution >= 4 is 12.1 Å². The number of carbonyl (C=O) groups excluding carboxylic acids is 1. The summed E-state index contributed by atoms with van der Waals surface area (Å²) in [5, 5.41) is 32.6. The van der Waals surface area contributed by atoms with Gasteiger partial charge in [-0.1, -0.05) is 42.5 Å². The van der Waals surface area contributed by atoms with Crippen LogP contribution in [0.4, 0.5) is 5.69 Å². The molecule has 0 saturated heterocycles. The predicted molar refractivity (Wildman–Crippen MR) is 110 cm³/mol. The normalized spacial score (nSPS) is 16.2. The second-order valence-corrected chi connectivity index (χ2v) is 7.25. The molecule has 0 aliphatic carbocycles. The number of amides is 1. The van der Waals surface area contributed by atoms with E-state index in [0.717, 1.165) is 22.3 Å². The number of phenols is 3. The summed E-state index contributed by atoms with van der Waals surface area (Å²) in [7, 11) is 0. The molecule has 4 rings (SSSR count).